The molecule has 1 N–H and O–H groups in total. The number of hydrogen-bond donors (Lipinski definition) is 1. The van der Waals surface area contributed by atoms with E-state index in [-0.39, 0.29) is 11.3 Å². The van der Waals surface area contributed by atoms with E-state index >= 15 is 0 Å². The van der Waals surface area contributed by atoms with E-state index in [1.54, 1.807) is 0 Å². The average molecular weight is 207 g/mol. The van der Waals surface area contributed by atoms with E-state index in [9.17, 15) is 13.2 Å². The summed E-state index contributed by atoms with van der Waals surface area (Å²) in [6.07, 6.45) is -3.59. The maximum Gasteiger partial charge on any atom is 0.433 e. The minimum Gasteiger partial charge on any atom is -0.495 e. The maximum atomic E-state index is 12.3. The summed E-state index contributed by atoms with van der Waals surface area (Å²) in [7, 11) is 1.31. The largest absolute Gasteiger partial charge is 0.495 e. The van der Waals surface area contributed by atoms with Crippen molar-refractivity contribution in [1.29, 1.82) is 0 Å². The van der Waals surface area contributed by atoms with Crippen molar-refractivity contribution < 1.29 is 23.0 Å². The Kier molecular flexibility index (Phi) is 2.95. The van der Waals surface area contributed by atoms with Gasteiger partial charge in [-0.15, -0.1) is 0 Å². The molecule has 0 bridgehead atoms. The molecule has 0 aliphatic heterocycles. The van der Waals surface area contributed by atoms with Gasteiger partial charge in [0.2, 0.25) is 0 Å². The van der Waals surface area contributed by atoms with Crippen molar-refractivity contribution in [3.05, 3.63) is 23.5 Å². The predicted octanol–water partition coefficient (Wildman–Crippen LogP) is 1.60. The fraction of sp³-hybridized carbons (Fsp3) is 0.375. The van der Waals surface area contributed by atoms with Crippen molar-refractivity contribution in [3.8, 4) is 5.75 Å². The topological polar surface area (TPSA) is 42.4 Å². The Bertz CT molecular complexity index is 325. The van der Waals surface area contributed by atoms with Crippen molar-refractivity contribution in [1.82, 2.24) is 4.98 Å². The number of methoxy groups -OCH3 is 1. The highest BCUT2D eigenvalue weighted by molar-refractivity contribution is 5.30. The van der Waals surface area contributed by atoms with E-state index in [4.69, 9.17) is 5.11 Å². The Labute approximate surface area is 78.2 Å². The second-order valence-corrected chi connectivity index (χ2v) is 2.54. The van der Waals surface area contributed by atoms with E-state index in [2.05, 4.69) is 9.72 Å². The van der Waals surface area contributed by atoms with Crippen molar-refractivity contribution in [2.45, 2.75) is 12.8 Å². The summed E-state index contributed by atoms with van der Waals surface area (Å²) in [5.74, 6) is 0.182. The van der Waals surface area contributed by atoms with Crippen LogP contribution in [-0.4, -0.2) is 17.2 Å². The molecule has 1 aromatic rings. The van der Waals surface area contributed by atoms with E-state index in [0.717, 1.165) is 12.3 Å². The molecule has 1 aromatic heterocycles. The molecule has 1 heterocycles. The summed E-state index contributed by atoms with van der Waals surface area (Å²) in [6.45, 7) is -0.723. The molecule has 0 unspecified atom stereocenters. The predicted molar refractivity (Wildman–Crippen MR) is 41.7 cm³/mol. The Hall–Kier alpha value is -1.30. The number of rotatable bonds is 2. The third kappa shape index (κ3) is 2.14. The van der Waals surface area contributed by atoms with Crippen molar-refractivity contribution >= 4 is 0 Å². The summed E-state index contributed by atoms with van der Waals surface area (Å²) < 4.78 is 41.5. The third-order valence-electron chi connectivity index (χ3n) is 1.62. The molecule has 0 spiro atoms. The molecule has 0 saturated heterocycles. The lowest BCUT2D eigenvalue weighted by molar-refractivity contribution is -0.142. The number of aliphatic hydroxyl groups excluding tert-OH is 1. The molecule has 0 atom stereocenters. The van der Waals surface area contributed by atoms with Crippen molar-refractivity contribution in [3.63, 3.8) is 0 Å². The molecule has 0 fully saturated rings. The lowest BCUT2D eigenvalue weighted by Gasteiger charge is -2.10. The number of pyridine rings is 1. The average Bonchev–Trinajstić information content (AvgIpc) is 2.15. The van der Waals surface area contributed by atoms with E-state index < -0.39 is 18.5 Å². The Morgan fingerprint density at radius 2 is 2.14 bits per heavy atom. The first kappa shape index (κ1) is 10.8. The van der Waals surface area contributed by atoms with Crippen LogP contribution in [0.2, 0.25) is 0 Å². The lowest BCUT2D eigenvalue weighted by atomic mass is 10.2. The van der Waals surface area contributed by atoms with Gasteiger partial charge in [0.05, 0.1) is 19.9 Å². The molecule has 0 saturated carbocycles. The molecule has 3 nitrogen and oxygen atoms in total. The molecule has 0 amide bonds. The van der Waals surface area contributed by atoms with Gasteiger partial charge in [-0.2, -0.15) is 13.2 Å². The standard InChI is InChI=1S/C8H8F3NO2/c1-14-6-2-5(4-13)7(12-3-6)8(9,10)11/h2-3,13H,4H2,1H3. The number of aromatic nitrogens is 1. The Balaban J connectivity index is 3.18. The normalized spacial score (nSPS) is 11.5. The Morgan fingerprint density at radius 3 is 2.57 bits per heavy atom. The SMILES string of the molecule is COc1cnc(C(F)(F)F)c(CO)c1. The number of ether oxygens (including phenoxy) is 1. The molecule has 0 aliphatic carbocycles. The van der Waals surface area contributed by atoms with Crippen LogP contribution in [-0.2, 0) is 12.8 Å². The highest BCUT2D eigenvalue weighted by Crippen LogP contribution is 2.31. The van der Waals surface area contributed by atoms with Gasteiger partial charge in [-0.3, -0.25) is 0 Å². The number of halogens is 3. The fourth-order valence-corrected chi connectivity index (χ4v) is 0.976. The zero-order valence-electron chi connectivity index (χ0n) is 7.30. The van der Waals surface area contributed by atoms with Crippen LogP contribution in [0.5, 0.6) is 5.75 Å². The van der Waals surface area contributed by atoms with Gasteiger partial charge in [0, 0.05) is 5.56 Å². The molecule has 14 heavy (non-hydrogen) atoms. The van der Waals surface area contributed by atoms with Crippen LogP contribution in [0, 0.1) is 0 Å². The van der Waals surface area contributed by atoms with Gasteiger partial charge in [-0.25, -0.2) is 4.98 Å². The van der Waals surface area contributed by atoms with Crippen LogP contribution in [0.4, 0.5) is 13.2 Å². The number of aliphatic hydroxyl groups is 1. The summed E-state index contributed by atoms with van der Waals surface area (Å²) in [5, 5.41) is 8.71. The van der Waals surface area contributed by atoms with Gasteiger partial charge < -0.3 is 9.84 Å². The smallest absolute Gasteiger partial charge is 0.433 e. The van der Waals surface area contributed by atoms with Crippen LogP contribution < -0.4 is 4.74 Å². The van der Waals surface area contributed by atoms with Crippen LogP contribution in [0.1, 0.15) is 11.3 Å². The molecule has 0 aromatic carbocycles. The third-order valence-corrected chi connectivity index (χ3v) is 1.62. The number of nitrogens with zero attached hydrogens (tertiary/aromatic N) is 1. The molecular weight excluding hydrogens is 199 g/mol. The van der Waals surface area contributed by atoms with Crippen molar-refractivity contribution in [2.24, 2.45) is 0 Å². The summed E-state index contributed by atoms with van der Waals surface area (Å²) in [6, 6.07) is 1.11. The van der Waals surface area contributed by atoms with E-state index in [1.165, 1.54) is 7.11 Å². The minimum atomic E-state index is -4.55. The second-order valence-electron chi connectivity index (χ2n) is 2.54. The monoisotopic (exact) mass is 207 g/mol. The number of hydrogen-bond acceptors (Lipinski definition) is 3. The van der Waals surface area contributed by atoms with Gasteiger partial charge in [0.1, 0.15) is 11.4 Å². The first-order chi connectivity index (χ1) is 6.49. The van der Waals surface area contributed by atoms with Gasteiger partial charge in [-0.05, 0) is 6.07 Å². The Morgan fingerprint density at radius 1 is 1.50 bits per heavy atom. The number of alkyl halides is 3. The lowest BCUT2D eigenvalue weighted by Crippen LogP contribution is -2.12. The second kappa shape index (κ2) is 3.83. The fourth-order valence-electron chi connectivity index (χ4n) is 0.976. The van der Waals surface area contributed by atoms with Crippen LogP contribution in [0.25, 0.3) is 0 Å². The van der Waals surface area contributed by atoms with Crippen LogP contribution in [0.3, 0.4) is 0 Å². The van der Waals surface area contributed by atoms with Crippen LogP contribution in [0.15, 0.2) is 12.3 Å². The molecule has 78 valence electrons. The summed E-state index contributed by atoms with van der Waals surface area (Å²) >= 11 is 0. The molecule has 0 aliphatic rings. The zero-order chi connectivity index (χ0) is 10.8. The molecule has 6 heteroatoms. The molecular formula is C8H8F3NO2. The minimum absolute atomic E-state index is 0.182. The zero-order valence-corrected chi connectivity index (χ0v) is 7.30. The summed E-state index contributed by atoms with van der Waals surface area (Å²) in [5.41, 5.74) is -1.38. The van der Waals surface area contributed by atoms with Gasteiger partial charge >= 0.3 is 6.18 Å². The first-order valence-electron chi connectivity index (χ1n) is 3.70. The van der Waals surface area contributed by atoms with E-state index in [0.29, 0.717) is 0 Å². The van der Waals surface area contributed by atoms with Crippen LogP contribution >= 0.6 is 0 Å². The first-order valence-corrected chi connectivity index (χ1v) is 3.70. The quantitative estimate of drug-likeness (QED) is 0.800. The van der Waals surface area contributed by atoms with Gasteiger partial charge in [0.25, 0.3) is 0 Å². The van der Waals surface area contributed by atoms with Gasteiger partial charge in [-0.1, -0.05) is 0 Å². The molecule has 0 radical (unpaired) electrons. The highest BCUT2D eigenvalue weighted by Gasteiger charge is 2.35. The van der Waals surface area contributed by atoms with Crippen molar-refractivity contribution in [2.75, 3.05) is 7.11 Å². The summed E-state index contributed by atoms with van der Waals surface area (Å²) in [4.78, 5) is 3.18. The maximum absolute atomic E-state index is 12.3. The van der Waals surface area contributed by atoms with E-state index in [1.807, 2.05) is 0 Å². The highest BCUT2D eigenvalue weighted by atomic mass is 19.4. The van der Waals surface area contributed by atoms with Gasteiger partial charge in [0.15, 0.2) is 0 Å². The molecule has 1 rings (SSSR count).